The maximum atomic E-state index is 8.83. The molecule has 0 amide bonds. The summed E-state index contributed by atoms with van der Waals surface area (Å²) in [5.74, 6) is 0.208. The first-order chi connectivity index (χ1) is 18.1. The molecule has 3 aromatic carbocycles. The van der Waals surface area contributed by atoms with Gasteiger partial charge < -0.3 is 10.2 Å². The van der Waals surface area contributed by atoms with E-state index in [4.69, 9.17) is 10.2 Å². The van der Waals surface area contributed by atoms with Crippen LogP contribution in [-0.4, -0.2) is 30.1 Å². The highest BCUT2D eigenvalue weighted by Crippen LogP contribution is 2.22. The number of aromatic hydroxyl groups is 2. The van der Waals surface area contributed by atoms with Gasteiger partial charge in [-0.05, 0) is 48.9 Å². The molecule has 0 radical (unpaired) electrons. The number of aromatic nitrogens is 4. The standard InChI is InChI=1S/2C12H8N2.C7H8O2/c2*1-3-9-5-6-10-4-2-8-14-12(10)11(9)13-7-1;1-5-2-6(8)4-7(9)3-5/h2*1-8H;2-4,8-9H,1H3. The highest BCUT2D eigenvalue weighted by molar-refractivity contribution is 6.03. The van der Waals surface area contributed by atoms with Gasteiger partial charge in [0.25, 0.3) is 0 Å². The van der Waals surface area contributed by atoms with Crippen LogP contribution >= 0.6 is 0 Å². The van der Waals surface area contributed by atoms with E-state index >= 15 is 0 Å². The number of fused-ring (bicyclic) bond motifs is 6. The van der Waals surface area contributed by atoms with Gasteiger partial charge in [-0.15, -0.1) is 0 Å². The summed E-state index contributed by atoms with van der Waals surface area (Å²) in [6, 6.07) is 28.7. The minimum Gasteiger partial charge on any atom is -0.508 e. The van der Waals surface area contributed by atoms with E-state index in [2.05, 4.69) is 68.5 Å². The maximum Gasteiger partial charge on any atom is 0.119 e. The topological polar surface area (TPSA) is 92.0 Å². The summed E-state index contributed by atoms with van der Waals surface area (Å²) < 4.78 is 0. The number of phenolic OH excluding ortho intramolecular Hbond substituents is 2. The van der Waals surface area contributed by atoms with E-state index < -0.39 is 0 Å². The number of rotatable bonds is 0. The lowest BCUT2D eigenvalue weighted by atomic mass is 10.1. The number of hydrogen-bond donors (Lipinski definition) is 2. The molecule has 0 saturated carbocycles. The number of pyridine rings is 4. The van der Waals surface area contributed by atoms with Crippen molar-refractivity contribution >= 4 is 43.6 Å². The molecule has 37 heavy (non-hydrogen) atoms. The quantitative estimate of drug-likeness (QED) is 0.226. The Hall–Kier alpha value is -5.10. The normalized spacial score (nSPS) is 10.5. The van der Waals surface area contributed by atoms with Crippen molar-refractivity contribution in [1.29, 1.82) is 0 Å². The zero-order chi connectivity index (χ0) is 25.6. The molecule has 4 aromatic heterocycles. The zero-order valence-corrected chi connectivity index (χ0v) is 20.2. The van der Waals surface area contributed by atoms with E-state index in [1.54, 1.807) is 43.8 Å². The Morgan fingerprint density at radius 2 is 0.730 bits per heavy atom. The van der Waals surface area contributed by atoms with Crippen LogP contribution in [0.15, 0.2) is 116 Å². The lowest BCUT2D eigenvalue weighted by Gasteiger charge is -2.00. The van der Waals surface area contributed by atoms with Gasteiger partial charge in [-0.3, -0.25) is 19.9 Å². The summed E-state index contributed by atoms with van der Waals surface area (Å²) in [6.45, 7) is 1.80. The van der Waals surface area contributed by atoms with Gasteiger partial charge in [0.05, 0.1) is 22.1 Å². The summed E-state index contributed by atoms with van der Waals surface area (Å²) >= 11 is 0. The molecule has 7 rings (SSSR count). The molecular weight excluding hydrogens is 460 g/mol. The van der Waals surface area contributed by atoms with E-state index in [-0.39, 0.29) is 11.5 Å². The molecule has 2 N–H and O–H groups in total. The van der Waals surface area contributed by atoms with E-state index in [0.717, 1.165) is 49.2 Å². The van der Waals surface area contributed by atoms with Crippen LogP contribution in [0.1, 0.15) is 5.56 Å². The molecule has 7 aromatic rings. The molecule has 0 aliphatic heterocycles. The first kappa shape index (κ1) is 23.6. The Bertz CT molecular complexity index is 1570. The molecule has 0 fully saturated rings. The predicted molar refractivity (Wildman–Crippen MR) is 149 cm³/mol. The third kappa shape index (κ3) is 5.44. The Balaban J connectivity index is 0.000000117. The molecule has 0 saturated heterocycles. The van der Waals surface area contributed by atoms with Crippen LogP contribution in [0.3, 0.4) is 0 Å². The highest BCUT2D eigenvalue weighted by Gasteiger charge is 2.01. The average molecular weight is 485 g/mol. The number of aryl methyl sites for hydroxylation is 1. The molecule has 0 spiro atoms. The van der Waals surface area contributed by atoms with Crippen molar-refractivity contribution in [2.45, 2.75) is 6.92 Å². The van der Waals surface area contributed by atoms with Crippen molar-refractivity contribution in [3.63, 3.8) is 0 Å². The Labute approximate surface area is 213 Å². The summed E-state index contributed by atoms with van der Waals surface area (Å²) in [5, 5.41) is 22.2. The first-order valence-electron chi connectivity index (χ1n) is 11.7. The summed E-state index contributed by atoms with van der Waals surface area (Å²) in [4.78, 5) is 17.4. The lowest BCUT2D eigenvalue weighted by Crippen LogP contribution is -1.83. The van der Waals surface area contributed by atoms with Gasteiger partial charge in [0.15, 0.2) is 0 Å². The maximum absolute atomic E-state index is 8.83. The fourth-order valence-corrected chi connectivity index (χ4v) is 4.10. The number of hydrogen-bond acceptors (Lipinski definition) is 6. The molecule has 0 bridgehead atoms. The monoisotopic (exact) mass is 484 g/mol. The molecule has 6 nitrogen and oxygen atoms in total. The Morgan fingerprint density at radius 1 is 0.432 bits per heavy atom. The van der Waals surface area contributed by atoms with E-state index in [9.17, 15) is 0 Å². The summed E-state index contributed by atoms with van der Waals surface area (Å²) in [7, 11) is 0. The van der Waals surface area contributed by atoms with E-state index in [0.29, 0.717) is 0 Å². The fraction of sp³-hybridized carbons (Fsp3) is 0.0323. The summed E-state index contributed by atoms with van der Waals surface area (Å²) in [5.41, 5.74) is 4.76. The number of nitrogens with zero attached hydrogens (tertiary/aromatic N) is 4. The van der Waals surface area contributed by atoms with Crippen molar-refractivity contribution in [1.82, 2.24) is 19.9 Å². The largest absolute Gasteiger partial charge is 0.508 e. The van der Waals surface area contributed by atoms with Gasteiger partial charge in [0.2, 0.25) is 0 Å². The second kappa shape index (κ2) is 10.7. The van der Waals surface area contributed by atoms with Crippen LogP contribution in [0, 0.1) is 6.92 Å². The van der Waals surface area contributed by atoms with Gasteiger partial charge in [0.1, 0.15) is 11.5 Å². The highest BCUT2D eigenvalue weighted by atomic mass is 16.3. The third-order valence-corrected chi connectivity index (χ3v) is 5.74. The van der Waals surface area contributed by atoms with Gasteiger partial charge >= 0.3 is 0 Å². The van der Waals surface area contributed by atoms with Gasteiger partial charge in [-0.25, -0.2) is 0 Å². The van der Waals surface area contributed by atoms with Gasteiger partial charge in [0, 0.05) is 52.4 Å². The molecule has 0 aliphatic rings. The van der Waals surface area contributed by atoms with Crippen molar-refractivity contribution < 1.29 is 10.2 Å². The first-order valence-corrected chi connectivity index (χ1v) is 11.7. The average Bonchev–Trinajstić information content (AvgIpc) is 2.93. The van der Waals surface area contributed by atoms with Crippen LogP contribution in [-0.2, 0) is 0 Å². The second-order valence-corrected chi connectivity index (χ2v) is 8.46. The van der Waals surface area contributed by atoms with Crippen molar-refractivity contribution in [2.24, 2.45) is 0 Å². The second-order valence-electron chi connectivity index (χ2n) is 8.46. The number of benzene rings is 3. The zero-order valence-electron chi connectivity index (χ0n) is 20.2. The van der Waals surface area contributed by atoms with Crippen LogP contribution < -0.4 is 0 Å². The predicted octanol–water partition coefficient (Wildman–Crippen LogP) is 6.97. The van der Waals surface area contributed by atoms with Gasteiger partial charge in [-0.2, -0.15) is 0 Å². The minimum absolute atomic E-state index is 0.104. The van der Waals surface area contributed by atoms with E-state index in [1.165, 1.54) is 6.07 Å². The Morgan fingerprint density at radius 3 is 1.00 bits per heavy atom. The molecule has 4 heterocycles. The molecular formula is C31H24N4O2. The molecule has 0 aliphatic carbocycles. The van der Waals surface area contributed by atoms with Crippen LogP contribution in [0.4, 0.5) is 0 Å². The third-order valence-electron chi connectivity index (χ3n) is 5.74. The van der Waals surface area contributed by atoms with Gasteiger partial charge in [-0.1, -0.05) is 48.5 Å². The SMILES string of the molecule is Cc1cc(O)cc(O)c1.c1cnc2c(c1)ccc1cccnc12.c1cnc2c(c1)ccc1cccnc12. The van der Waals surface area contributed by atoms with Crippen molar-refractivity contribution in [3.05, 3.63) is 121 Å². The smallest absolute Gasteiger partial charge is 0.119 e. The lowest BCUT2D eigenvalue weighted by molar-refractivity contribution is 0.450. The van der Waals surface area contributed by atoms with Crippen molar-refractivity contribution in [3.8, 4) is 11.5 Å². The molecule has 6 heteroatoms. The minimum atomic E-state index is 0.104. The fourth-order valence-electron chi connectivity index (χ4n) is 4.10. The van der Waals surface area contributed by atoms with Crippen LogP contribution in [0.5, 0.6) is 11.5 Å². The molecule has 0 atom stereocenters. The summed E-state index contributed by atoms with van der Waals surface area (Å²) in [6.07, 6.45) is 7.21. The Kier molecular flexibility index (Phi) is 6.81. The molecule has 0 unspecified atom stereocenters. The van der Waals surface area contributed by atoms with E-state index in [1.807, 2.05) is 24.3 Å². The van der Waals surface area contributed by atoms with Crippen LogP contribution in [0.25, 0.3) is 43.6 Å². The number of phenols is 2. The van der Waals surface area contributed by atoms with Crippen LogP contribution in [0.2, 0.25) is 0 Å². The molecule has 180 valence electrons. The van der Waals surface area contributed by atoms with Crippen molar-refractivity contribution in [2.75, 3.05) is 0 Å².